The van der Waals surface area contributed by atoms with Crippen LogP contribution in [0.3, 0.4) is 0 Å². The molecule has 1 saturated heterocycles. The van der Waals surface area contributed by atoms with Crippen LogP contribution in [0.4, 0.5) is 11.6 Å². The van der Waals surface area contributed by atoms with Gasteiger partial charge in [-0.05, 0) is 37.6 Å². The van der Waals surface area contributed by atoms with Crippen LogP contribution < -0.4 is 10.2 Å². The van der Waals surface area contributed by atoms with Crippen molar-refractivity contribution in [1.29, 1.82) is 0 Å². The van der Waals surface area contributed by atoms with Crippen molar-refractivity contribution in [3.63, 3.8) is 0 Å². The molecular weight excluding hydrogens is 338 g/mol. The monoisotopic (exact) mass is 359 g/mol. The van der Waals surface area contributed by atoms with Gasteiger partial charge in [-0.2, -0.15) is 0 Å². The van der Waals surface area contributed by atoms with E-state index in [2.05, 4.69) is 20.2 Å². The molecule has 0 aliphatic carbocycles. The number of carbonyl (C=O) groups excluding carboxylic acids is 1. The van der Waals surface area contributed by atoms with Crippen LogP contribution >= 0.6 is 11.6 Å². The van der Waals surface area contributed by atoms with Crippen LogP contribution in [0, 0.1) is 6.92 Å². The summed E-state index contributed by atoms with van der Waals surface area (Å²) in [6.07, 6.45) is 3.47. The molecule has 2 aromatic rings. The number of piperazine rings is 1. The first-order valence-corrected chi connectivity index (χ1v) is 8.76. The Bertz CT molecular complexity index is 732. The standard InChI is InChI=1S/C18H22ClN5O/c1-13-4-5-15(12-16(13)19)22-14(2)17(25)23-8-10-24(11-9-23)18-20-6-3-7-21-18/h3-7,12,14,22H,8-11H2,1-2H3. The Morgan fingerprint density at radius 1 is 1.20 bits per heavy atom. The number of amides is 1. The Labute approximate surface area is 152 Å². The molecule has 25 heavy (non-hydrogen) atoms. The van der Waals surface area contributed by atoms with Gasteiger partial charge in [-0.3, -0.25) is 4.79 Å². The Balaban J connectivity index is 1.55. The zero-order chi connectivity index (χ0) is 17.8. The van der Waals surface area contributed by atoms with Gasteiger partial charge in [0.1, 0.15) is 6.04 Å². The van der Waals surface area contributed by atoms with Crippen molar-refractivity contribution >= 4 is 29.1 Å². The fraction of sp³-hybridized carbons (Fsp3) is 0.389. The molecule has 1 unspecified atom stereocenters. The van der Waals surface area contributed by atoms with Crippen molar-refractivity contribution < 1.29 is 4.79 Å². The molecule has 7 heteroatoms. The third-order valence-electron chi connectivity index (χ3n) is 4.35. The highest BCUT2D eigenvalue weighted by Gasteiger charge is 2.25. The molecular formula is C18H22ClN5O. The first kappa shape index (κ1) is 17.5. The van der Waals surface area contributed by atoms with E-state index in [1.165, 1.54) is 0 Å². The van der Waals surface area contributed by atoms with Crippen molar-refractivity contribution in [3.05, 3.63) is 47.2 Å². The van der Waals surface area contributed by atoms with E-state index in [4.69, 9.17) is 11.6 Å². The number of anilines is 2. The molecule has 0 radical (unpaired) electrons. The number of rotatable bonds is 4. The largest absolute Gasteiger partial charge is 0.374 e. The van der Waals surface area contributed by atoms with Gasteiger partial charge in [0.2, 0.25) is 11.9 Å². The van der Waals surface area contributed by atoms with Gasteiger partial charge < -0.3 is 15.1 Å². The summed E-state index contributed by atoms with van der Waals surface area (Å²) >= 11 is 6.15. The van der Waals surface area contributed by atoms with E-state index in [0.29, 0.717) is 18.1 Å². The molecule has 1 amide bonds. The zero-order valence-electron chi connectivity index (χ0n) is 14.4. The van der Waals surface area contributed by atoms with E-state index in [0.717, 1.165) is 30.3 Å². The molecule has 2 heterocycles. The highest BCUT2D eigenvalue weighted by Crippen LogP contribution is 2.21. The summed E-state index contributed by atoms with van der Waals surface area (Å²) in [5.41, 5.74) is 1.87. The number of aryl methyl sites for hydroxylation is 1. The zero-order valence-corrected chi connectivity index (χ0v) is 15.2. The normalized spacial score (nSPS) is 15.8. The highest BCUT2D eigenvalue weighted by atomic mass is 35.5. The molecule has 1 fully saturated rings. The minimum Gasteiger partial charge on any atom is -0.374 e. The Kier molecular flexibility index (Phi) is 5.38. The second-order valence-corrected chi connectivity index (χ2v) is 6.60. The number of hydrogen-bond acceptors (Lipinski definition) is 5. The van der Waals surface area contributed by atoms with E-state index in [1.54, 1.807) is 18.5 Å². The maximum absolute atomic E-state index is 12.7. The van der Waals surface area contributed by atoms with E-state index < -0.39 is 0 Å². The fourth-order valence-corrected chi connectivity index (χ4v) is 3.03. The van der Waals surface area contributed by atoms with Crippen molar-refractivity contribution in [2.24, 2.45) is 0 Å². The summed E-state index contributed by atoms with van der Waals surface area (Å²) in [4.78, 5) is 25.2. The molecule has 1 atom stereocenters. The molecule has 1 aromatic carbocycles. The number of carbonyl (C=O) groups is 1. The number of hydrogen-bond donors (Lipinski definition) is 1. The first-order valence-electron chi connectivity index (χ1n) is 8.38. The third kappa shape index (κ3) is 4.20. The summed E-state index contributed by atoms with van der Waals surface area (Å²) in [5.74, 6) is 0.806. The Morgan fingerprint density at radius 3 is 2.52 bits per heavy atom. The molecule has 1 aliphatic heterocycles. The van der Waals surface area contributed by atoms with Gasteiger partial charge in [0.25, 0.3) is 0 Å². The van der Waals surface area contributed by atoms with Crippen molar-refractivity contribution in [1.82, 2.24) is 14.9 Å². The van der Waals surface area contributed by atoms with Gasteiger partial charge in [-0.1, -0.05) is 17.7 Å². The van der Waals surface area contributed by atoms with E-state index in [9.17, 15) is 4.79 Å². The number of benzene rings is 1. The minimum atomic E-state index is -0.307. The van der Waals surface area contributed by atoms with Crippen LogP contribution in [0.5, 0.6) is 0 Å². The van der Waals surface area contributed by atoms with Gasteiger partial charge in [0.05, 0.1) is 0 Å². The summed E-state index contributed by atoms with van der Waals surface area (Å²) in [6.45, 7) is 6.63. The summed E-state index contributed by atoms with van der Waals surface area (Å²) < 4.78 is 0. The molecule has 6 nitrogen and oxygen atoms in total. The summed E-state index contributed by atoms with van der Waals surface area (Å²) in [6, 6.07) is 7.23. The van der Waals surface area contributed by atoms with Crippen LogP contribution in [-0.4, -0.2) is 53.0 Å². The summed E-state index contributed by atoms with van der Waals surface area (Å²) in [5, 5.41) is 3.93. The van der Waals surface area contributed by atoms with Gasteiger partial charge >= 0.3 is 0 Å². The molecule has 132 valence electrons. The van der Waals surface area contributed by atoms with Crippen molar-refractivity contribution in [2.75, 3.05) is 36.4 Å². The van der Waals surface area contributed by atoms with Crippen LogP contribution in [-0.2, 0) is 4.79 Å². The van der Waals surface area contributed by atoms with Crippen LogP contribution in [0.2, 0.25) is 5.02 Å². The number of nitrogens with one attached hydrogen (secondary N) is 1. The van der Waals surface area contributed by atoms with Crippen molar-refractivity contribution in [2.45, 2.75) is 19.9 Å². The maximum atomic E-state index is 12.7. The molecule has 0 saturated carbocycles. The number of halogens is 1. The van der Waals surface area contributed by atoms with Gasteiger partial charge in [-0.25, -0.2) is 9.97 Å². The Morgan fingerprint density at radius 2 is 1.88 bits per heavy atom. The Hall–Kier alpha value is -2.34. The maximum Gasteiger partial charge on any atom is 0.244 e. The van der Waals surface area contributed by atoms with Gasteiger partial charge in [-0.15, -0.1) is 0 Å². The lowest BCUT2D eigenvalue weighted by molar-refractivity contribution is -0.131. The minimum absolute atomic E-state index is 0.0883. The van der Waals surface area contributed by atoms with Crippen LogP contribution in [0.15, 0.2) is 36.7 Å². The third-order valence-corrected chi connectivity index (χ3v) is 4.76. The predicted molar refractivity (Wildman–Crippen MR) is 100 cm³/mol. The second kappa shape index (κ2) is 7.70. The molecule has 0 bridgehead atoms. The lowest BCUT2D eigenvalue weighted by Crippen LogP contribution is -2.52. The first-order chi connectivity index (χ1) is 12.0. The van der Waals surface area contributed by atoms with Crippen LogP contribution in [0.25, 0.3) is 0 Å². The topological polar surface area (TPSA) is 61.4 Å². The SMILES string of the molecule is Cc1ccc(NC(C)C(=O)N2CCN(c3ncccn3)CC2)cc1Cl. The highest BCUT2D eigenvalue weighted by molar-refractivity contribution is 6.31. The number of nitrogens with zero attached hydrogens (tertiary/aromatic N) is 4. The molecule has 1 aromatic heterocycles. The second-order valence-electron chi connectivity index (χ2n) is 6.19. The quantitative estimate of drug-likeness (QED) is 0.909. The van der Waals surface area contributed by atoms with E-state index >= 15 is 0 Å². The van der Waals surface area contributed by atoms with Gasteiger partial charge in [0.15, 0.2) is 0 Å². The smallest absolute Gasteiger partial charge is 0.244 e. The van der Waals surface area contributed by atoms with Crippen molar-refractivity contribution in [3.8, 4) is 0 Å². The number of aromatic nitrogens is 2. The summed E-state index contributed by atoms with van der Waals surface area (Å²) in [7, 11) is 0. The van der Waals surface area contributed by atoms with Crippen LogP contribution in [0.1, 0.15) is 12.5 Å². The molecule has 1 N–H and O–H groups in total. The van der Waals surface area contributed by atoms with E-state index in [1.807, 2.05) is 36.9 Å². The predicted octanol–water partition coefficient (Wildman–Crippen LogP) is 2.59. The molecule has 3 rings (SSSR count). The average molecular weight is 360 g/mol. The molecule has 1 aliphatic rings. The average Bonchev–Trinajstić information content (AvgIpc) is 2.65. The lowest BCUT2D eigenvalue weighted by atomic mass is 10.2. The van der Waals surface area contributed by atoms with E-state index in [-0.39, 0.29) is 11.9 Å². The molecule has 0 spiro atoms. The lowest BCUT2D eigenvalue weighted by Gasteiger charge is -2.36. The van der Waals surface area contributed by atoms with Gasteiger partial charge in [0, 0.05) is 49.3 Å². The fourth-order valence-electron chi connectivity index (χ4n) is 2.85.